The molecule has 0 bridgehead atoms. The summed E-state index contributed by atoms with van der Waals surface area (Å²) in [6.07, 6.45) is 0.222. The summed E-state index contributed by atoms with van der Waals surface area (Å²) in [4.78, 5) is 41.4. The Kier molecular flexibility index (Phi) is 6.43. The van der Waals surface area contributed by atoms with Gasteiger partial charge >= 0.3 is 23.9 Å². The van der Waals surface area contributed by atoms with Gasteiger partial charge in [-0.15, -0.1) is 0 Å². The highest BCUT2D eigenvalue weighted by molar-refractivity contribution is 6.08. The van der Waals surface area contributed by atoms with Crippen LogP contribution in [-0.4, -0.2) is 44.3 Å². The van der Waals surface area contributed by atoms with E-state index in [2.05, 4.69) is 0 Å². The third-order valence-electron chi connectivity index (χ3n) is 2.04. The van der Waals surface area contributed by atoms with Crippen LogP contribution in [0.5, 0.6) is 0 Å². The molecule has 0 aromatic heterocycles. The first-order chi connectivity index (χ1) is 9.22. The summed E-state index contributed by atoms with van der Waals surface area (Å²) in [5.74, 6) is -5.28. The SMILES string of the molecule is CCC(=O)O.O=C(O)c1cccc(C(=O)O)c1C(=O)O. The van der Waals surface area contributed by atoms with Crippen molar-refractivity contribution in [3.8, 4) is 0 Å². The topological polar surface area (TPSA) is 149 Å². The number of carboxylic acid groups (broad SMARTS) is 4. The van der Waals surface area contributed by atoms with Crippen molar-refractivity contribution in [2.45, 2.75) is 13.3 Å². The number of rotatable bonds is 4. The van der Waals surface area contributed by atoms with Crippen LogP contribution in [0.25, 0.3) is 0 Å². The van der Waals surface area contributed by atoms with Crippen molar-refractivity contribution in [1.82, 2.24) is 0 Å². The van der Waals surface area contributed by atoms with E-state index in [4.69, 9.17) is 20.4 Å². The zero-order valence-corrected chi connectivity index (χ0v) is 10.4. The van der Waals surface area contributed by atoms with E-state index in [1.165, 1.54) is 6.07 Å². The third-order valence-corrected chi connectivity index (χ3v) is 2.04. The van der Waals surface area contributed by atoms with Gasteiger partial charge in [0.25, 0.3) is 0 Å². The maximum Gasteiger partial charge on any atom is 0.337 e. The second-order valence-electron chi connectivity index (χ2n) is 3.39. The predicted molar refractivity (Wildman–Crippen MR) is 65.2 cm³/mol. The Bertz CT molecular complexity index is 514. The van der Waals surface area contributed by atoms with Gasteiger partial charge in [-0.05, 0) is 12.1 Å². The van der Waals surface area contributed by atoms with Gasteiger partial charge in [0.05, 0.1) is 16.7 Å². The molecule has 0 spiro atoms. The summed E-state index contributed by atoms with van der Waals surface area (Å²) >= 11 is 0. The minimum Gasteiger partial charge on any atom is -0.481 e. The molecular formula is C12H12O8. The zero-order chi connectivity index (χ0) is 15.9. The zero-order valence-electron chi connectivity index (χ0n) is 10.4. The van der Waals surface area contributed by atoms with Gasteiger partial charge in [-0.3, -0.25) is 4.79 Å². The number of carboxylic acids is 4. The van der Waals surface area contributed by atoms with Crippen LogP contribution in [0.2, 0.25) is 0 Å². The smallest absolute Gasteiger partial charge is 0.337 e. The van der Waals surface area contributed by atoms with Crippen LogP contribution in [0.3, 0.4) is 0 Å². The van der Waals surface area contributed by atoms with Crippen LogP contribution < -0.4 is 0 Å². The van der Waals surface area contributed by atoms with E-state index in [1.54, 1.807) is 6.92 Å². The van der Waals surface area contributed by atoms with Gasteiger partial charge in [-0.1, -0.05) is 13.0 Å². The lowest BCUT2D eigenvalue weighted by atomic mass is 10.0. The van der Waals surface area contributed by atoms with Crippen molar-refractivity contribution < 1.29 is 39.6 Å². The summed E-state index contributed by atoms with van der Waals surface area (Å²) in [7, 11) is 0. The van der Waals surface area contributed by atoms with Gasteiger partial charge in [-0.25, -0.2) is 14.4 Å². The normalized spacial score (nSPS) is 9.05. The van der Waals surface area contributed by atoms with E-state index >= 15 is 0 Å². The second kappa shape index (κ2) is 7.52. The van der Waals surface area contributed by atoms with Crippen LogP contribution >= 0.6 is 0 Å². The average molecular weight is 284 g/mol. The van der Waals surface area contributed by atoms with E-state index in [1.807, 2.05) is 0 Å². The number of carbonyl (C=O) groups is 4. The molecule has 0 aliphatic carbocycles. The van der Waals surface area contributed by atoms with Crippen molar-refractivity contribution in [3.05, 3.63) is 34.9 Å². The molecule has 0 saturated heterocycles. The molecule has 1 rings (SSSR count). The Hall–Kier alpha value is -2.90. The molecular weight excluding hydrogens is 272 g/mol. The Balaban J connectivity index is 0.000000621. The molecule has 0 fully saturated rings. The molecule has 0 heterocycles. The molecule has 8 nitrogen and oxygen atoms in total. The van der Waals surface area contributed by atoms with Gasteiger partial charge in [0.15, 0.2) is 0 Å². The van der Waals surface area contributed by atoms with Crippen LogP contribution in [0.15, 0.2) is 18.2 Å². The van der Waals surface area contributed by atoms with Crippen LogP contribution in [-0.2, 0) is 4.79 Å². The number of aliphatic carboxylic acids is 1. The maximum atomic E-state index is 10.7. The summed E-state index contributed by atoms with van der Waals surface area (Å²) in [5.41, 5.74) is -1.79. The molecule has 0 amide bonds. The fourth-order valence-corrected chi connectivity index (χ4v) is 1.14. The first-order valence-corrected chi connectivity index (χ1v) is 5.27. The fourth-order valence-electron chi connectivity index (χ4n) is 1.14. The molecule has 20 heavy (non-hydrogen) atoms. The molecule has 0 saturated carbocycles. The average Bonchev–Trinajstić information content (AvgIpc) is 2.38. The Morgan fingerprint density at radius 1 is 0.850 bits per heavy atom. The summed E-state index contributed by atoms with van der Waals surface area (Å²) < 4.78 is 0. The van der Waals surface area contributed by atoms with Crippen LogP contribution in [0.1, 0.15) is 44.4 Å². The molecule has 8 heteroatoms. The number of hydrogen-bond donors (Lipinski definition) is 4. The molecule has 0 aliphatic rings. The second-order valence-corrected chi connectivity index (χ2v) is 3.39. The highest BCUT2D eigenvalue weighted by Gasteiger charge is 2.22. The first kappa shape index (κ1) is 17.1. The minimum atomic E-state index is -1.58. The Morgan fingerprint density at radius 2 is 1.20 bits per heavy atom. The number of benzene rings is 1. The first-order valence-electron chi connectivity index (χ1n) is 5.27. The molecule has 1 aromatic carbocycles. The van der Waals surface area contributed by atoms with E-state index in [-0.39, 0.29) is 6.42 Å². The summed E-state index contributed by atoms with van der Waals surface area (Å²) in [5, 5.41) is 33.8. The number of hydrogen-bond acceptors (Lipinski definition) is 4. The maximum absolute atomic E-state index is 10.7. The van der Waals surface area contributed by atoms with Gasteiger partial charge < -0.3 is 20.4 Å². The highest BCUT2D eigenvalue weighted by Crippen LogP contribution is 2.15. The lowest BCUT2D eigenvalue weighted by Crippen LogP contribution is -2.14. The lowest BCUT2D eigenvalue weighted by Gasteiger charge is -2.04. The van der Waals surface area contributed by atoms with Crippen LogP contribution in [0.4, 0.5) is 0 Å². The van der Waals surface area contributed by atoms with Crippen molar-refractivity contribution in [1.29, 1.82) is 0 Å². The van der Waals surface area contributed by atoms with Crippen LogP contribution in [0, 0.1) is 0 Å². The van der Waals surface area contributed by atoms with Crippen molar-refractivity contribution >= 4 is 23.9 Å². The Morgan fingerprint density at radius 3 is 1.40 bits per heavy atom. The van der Waals surface area contributed by atoms with Crippen molar-refractivity contribution in [2.24, 2.45) is 0 Å². The molecule has 1 aromatic rings. The van der Waals surface area contributed by atoms with Crippen molar-refractivity contribution in [2.75, 3.05) is 0 Å². The molecule has 4 N–H and O–H groups in total. The molecule has 0 atom stereocenters. The fraction of sp³-hybridized carbons (Fsp3) is 0.167. The van der Waals surface area contributed by atoms with Gasteiger partial charge in [-0.2, -0.15) is 0 Å². The molecule has 0 radical (unpaired) electrons. The predicted octanol–water partition coefficient (Wildman–Crippen LogP) is 1.26. The van der Waals surface area contributed by atoms with E-state index in [9.17, 15) is 19.2 Å². The largest absolute Gasteiger partial charge is 0.481 e. The number of aromatic carboxylic acids is 3. The summed E-state index contributed by atoms with van der Waals surface area (Å²) in [6, 6.07) is 3.26. The highest BCUT2D eigenvalue weighted by atomic mass is 16.4. The monoisotopic (exact) mass is 284 g/mol. The van der Waals surface area contributed by atoms with E-state index in [0.717, 1.165) is 12.1 Å². The molecule has 0 aliphatic heterocycles. The quantitative estimate of drug-likeness (QED) is 0.645. The molecule has 0 unspecified atom stereocenters. The van der Waals surface area contributed by atoms with Gasteiger partial charge in [0, 0.05) is 6.42 Å². The minimum absolute atomic E-state index is 0.222. The third kappa shape index (κ3) is 4.77. The van der Waals surface area contributed by atoms with E-state index in [0.29, 0.717) is 0 Å². The molecule has 108 valence electrons. The summed E-state index contributed by atoms with van der Waals surface area (Å²) in [6.45, 7) is 1.60. The van der Waals surface area contributed by atoms with E-state index < -0.39 is 40.6 Å². The lowest BCUT2D eigenvalue weighted by molar-refractivity contribution is -0.136. The Labute approximate surface area is 112 Å². The van der Waals surface area contributed by atoms with Gasteiger partial charge in [0.1, 0.15) is 0 Å². The van der Waals surface area contributed by atoms with Crippen molar-refractivity contribution in [3.63, 3.8) is 0 Å². The van der Waals surface area contributed by atoms with Gasteiger partial charge in [0.2, 0.25) is 0 Å². The standard InChI is InChI=1S/C9H6O6.C3H6O2/c10-7(11)4-2-1-3-5(8(12)13)6(4)9(14)15;1-2-3(4)5/h1-3H,(H,10,11)(H,12,13)(H,14,15);2H2,1H3,(H,4,5).